The fourth-order valence-corrected chi connectivity index (χ4v) is 7.75. The van der Waals surface area contributed by atoms with Gasteiger partial charge in [0.2, 0.25) is 0 Å². The second kappa shape index (κ2) is 6.79. The van der Waals surface area contributed by atoms with E-state index in [2.05, 4.69) is 40.7 Å². The summed E-state index contributed by atoms with van der Waals surface area (Å²) >= 11 is 0. The van der Waals surface area contributed by atoms with Crippen molar-refractivity contribution in [3.05, 3.63) is 11.6 Å². The predicted octanol–water partition coefficient (Wildman–Crippen LogP) is 5.81. The van der Waals surface area contributed by atoms with Crippen LogP contribution in [0.4, 0.5) is 0 Å². The first-order valence-electron chi connectivity index (χ1n) is 12.0. The molecule has 1 aliphatic heterocycles. The Balaban J connectivity index is 1.57. The van der Waals surface area contributed by atoms with Crippen LogP contribution in [-0.2, 0) is 19.2 Å². The first kappa shape index (κ1) is 20.5. The summed E-state index contributed by atoms with van der Waals surface area (Å²) in [6, 6.07) is 0. The summed E-state index contributed by atoms with van der Waals surface area (Å²) in [5, 5.41) is 0. The van der Waals surface area contributed by atoms with Gasteiger partial charge in [0, 0.05) is 6.42 Å². The molecule has 4 heteroatoms. The third-order valence-electron chi connectivity index (χ3n) is 9.22. The van der Waals surface area contributed by atoms with Crippen molar-refractivity contribution < 1.29 is 19.2 Å². The van der Waals surface area contributed by atoms with Crippen LogP contribution in [0.2, 0.25) is 0 Å². The molecule has 4 nitrogen and oxygen atoms in total. The molecule has 0 bridgehead atoms. The van der Waals surface area contributed by atoms with E-state index in [1.165, 1.54) is 38.5 Å². The van der Waals surface area contributed by atoms with Crippen molar-refractivity contribution in [3.8, 4) is 0 Å². The number of ether oxygens (including phenoxy) is 2. The number of hydrogen-bond acceptors (Lipinski definition) is 4. The molecule has 4 aliphatic carbocycles. The molecule has 1 heterocycles. The Kier molecular flexibility index (Phi) is 4.79. The molecule has 29 heavy (non-hydrogen) atoms. The highest BCUT2D eigenvalue weighted by atomic mass is 17.2. The third kappa shape index (κ3) is 2.92. The largest absolute Gasteiger partial charge is 0.347 e. The Bertz CT molecular complexity index is 673. The van der Waals surface area contributed by atoms with Crippen LogP contribution in [0, 0.1) is 28.6 Å². The van der Waals surface area contributed by atoms with Gasteiger partial charge in [-0.2, -0.15) is 0 Å². The zero-order chi connectivity index (χ0) is 20.5. The van der Waals surface area contributed by atoms with Crippen LogP contribution in [0.15, 0.2) is 11.6 Å². The number of fused-ring (bicyclic) bond motifs is 6. The highest BCUT2D eigenvalue weighted by Crippen LogP contribution is 2.68. The third-order valence-corrected chi connectivity index (χ3v) is 9.22. The fraction of sp³-hybridized carbons (Fsp3) is 0.920. The van der Waals surface area contributed by atoms with E-state index in [0.29, 0.717) is 30.5 Å². The number of allylic oxidation sites excluding steroid dienone is 1. The summed E-state index contributed by atoms with van der Waals surface area (Å²) in [7, 11) is 0. The van der Waals surface area contributed by atoms with Crippen LogP contribution in [0.1, 0.15) is 86.0 Å². The van der Waals surface area contributed by atoms with Crippen molar-refractivity contribution >= 4 is 0 Å². The molecule has 5 aliphatic rings. The van der Waals surface area contributed by atoms with Crippen LogP contribution in [0.3, 0.4) is 0 Å². The maximum Gasteiger partial charge on any atom is 0.176 e. The molecule has 5 rings (SSSR count). The second-order valence-electron chi connectivity index (χ2n) is 11.8. The van der Waals surface area contributed by atoms with Gasteiger partial charge < -0.3 is 9.47 Å². The van der Waals surface area contributed by atoms with E-state index >= 15 is 0 Å². The van der Waals surface area contributed by atoms with Gasteiger partial charge in [-0.15, -0.1) is 0 Å². The molecule has 0 radical (unpaired) electrons. The Morgan fingerprint density at radius 2 is 1.72 bits per heavy atom. The van der Waals surface area contributed by atoms with Crippen LogP contribution in [0.25, 0.3) is 0 Å². The minimum Gasteiger partial charge on any atom is -0.347 e. The quantitative estimate of drug-likeness (QED) is 0.331. The number of hydrogen-bond donors (Lipinski definition) is 0. The molecule has 0 N–H and O–H groups in total. The van der Waals surface area contributed by atoms with E-state index in [4.69, 9.17) is 19.2 Å². The zero-order valence-corrected chi connectivity index (χ0v) is 19.1. The van der Waals surface area contributed by atoms with E-state index in [1.54, 1.807) is 5.57 Å². The molecule has 0 amide bonds. The molecule has 0 aromatic heterocycles. The lowest BCUT2D eigenvalue weighted by Gasteiger charge is -2.58. The summed E-state index contributed by atoms with van der Waals surface area (Å²) in [5.41, 5.74) is 1.46. The summed E-state index contributed by atoms with van der Waals surface area (Å²) < 4.78 is 12.7. The average Bonchev–Trinajstić information content (AvgIpc) is 3.26. The fourth-order valence-electron chi connectivity index (χ4n) is 7.75. The van der Waals surface area contributed by atoms with Crippen molar-refractivity contribution in [1.29, 1.82) is 0 Å². The van der Waals surface area contributed by atoms with Crippen LogP contribution >= 0.6 is 0 Å². The zero-order valence-electron chi connectivity index (χ0n) is 19.1. The molecule has 0 aromatic carbocycles. The first-order chi connectivity index (χ1) is 13.7. The Morgan fingerprint density at radius 3 is 2.45 bits per heavy atom. The van der Waals surface area contributed by atoms with Gasteiger partial charge in [-0.1, -0.05) is 38.3 Å². The Labute approximate surface area is 176 Å². The summed E-state index contributed by atoms with van der Waals surface area (Å²) in [5.74, 6) is 1.49. The van der Waals surface area contributed by atoms with Gasteiger partial charge in [0.05, 0.1) is 24.2 Å². The van der Waals surface area contributed by atoms with E-state index in [1.807, 2.05) is 0 Å². The first-order valence-corrected chi connectivity index (χ1v) is 12.0. The van der Waals surface area contributed by atoms with E-state index < -0.39 is 5.79 Å². The van der Waals surface area contributed by atoms with Gasteiger partial charge in [-0.05, 0) is 76.0 Å². The van der Waals surface area contributed by atoms with E-state index in [9.17, 15) is 0 Å². The van der Waals surface area contributed by atoms with Crippen molar-refractivity contribution in [2.75, 3.05) is 13.2 Å². The molecule has 0 aromatic rings. The van der Waals surface area contributed by atoms with Crippen molar-refractivity contribution in [3.63, 3.8) is 0 Å². The van der Waals surface area contributed by atoms with Crippen LogP contribution < -0.4 is 0 Å². The van der Waals surface area contributed by atoms with E-state index in [-0.39, 0.29) is 17.1 Å². The molecular weight excluding hydrogens is 364 g/mol. The van der Waals surface area contributed by atoms with Crippen molar-refractivity contribution in [2.45, 2.75) is 103 Å². The number of rotatable bonds is 2. The van der Waals surface area contributed by atoms with E-state index in [0.717, 1.165) is 18.8 Å². The monoisotopic (exact) mass is 404 g/mol. The molecule has 6 atom stereocenters. The van der Waals surface area contributed by atoms with Crippen molar-refractivity contribution in [1.82, 2.24) is 0 Å². The minimum absolute atomic E-state index is 0.129. The van der Waals surface area contributed by atoms with Gasteiger partial charge >= 0.3 is 0 Å². The van der Waals surface area contributed by atoms with Gasteiger partial charge in [0.25, 0.3) is 0 Å². The van der Waals surface area contributed by atoms with Gasteiger partial charge in [-0.25, -0.2) is 9.78 Å². The van der Waals surface area contributed by atoms with Crippen LogP contribution in [0.5, 0.6) is 0 Å². The topological polar surface area (TPSA) is 36.9 Å². The Hall–Kier alpha value is -0.420. The maximum absolute atomic E-state index is 6.36. The maximum atomic E-state index is 6.36. The molecule has 1 saturated heterocycles. The lowest BCUT2D eigenvalue weighted by atomic mass is 9.48. The molecule has 1 spiro atoms. The normalized spacial score (nSPS) is 46.2. The lowest BCUT2D eigenvalue weighted by Crippen LogP contribution is -2.59. The second-order valence-corrected chi connectivity index (χ2v) is 11.8. The molecule has 3 saturated carbocycles. The summed E-state index contributed by atoms with van der Waals surface area (Å²) in [4.78, 5) is 12.2. The summed E-state index contributed by atoms with van der Waals surface area (Å²) in [6.07, 6.45) is 12.7. The highest BCUT2D eigenvalue weighted by Gasteiger charge is 2.69. The summed E-state index contributed by atoms with van der Waals surface area (Å²) in [6.45, 7) is 12.4. The predicted molar refractivity (Wildman–Crippen MR) is 112 cm³/mol. The highest BCUT2D eigenvalue weighted by molar-refractivity contribution is 5.32. The van der Waals surface area contributed by atoms with Crippen molar-refractivity contribution in [2.24, 2.45) is 28.6 Å². The molecule has 5 unspecified atom stereocenters. The minimum atomic E-state index is -0.518. The lowest BCUT2D eigenvalue weighted by molar-refractivity contribution is -0.400. The molecular formula is C25H40O4. The van der Waals surface area contributed by atoms with Gasteiger partial charge in [0.1, 0.15) is 6.10 Å². The average molecular weight is 405 g/mol. The molecule has 4 fully saturated rings. The van der Waals surface area contributed by atoms with Gasteiger partial charge in [-0.3, -0.25) is 0 Å². The van der Waals surface area contributed by atoms with Crippen LogP contribution in [-0.4, -0.2) is 30.7 Å². The SMILES string of the molecule is CC(C)(C)OOC1C=C2C(CCC3CCCCC23C)C2CCC3(OCCO3)[C@@]12C. The molecule has 164 valence electrons. The van der Waals surface area contributed by atoms with Gasteiger partial charge in [0.15, 0.2) is 5.79 Å². The smallest absolute Gasteiger partial charge is 0.176 e. The Morgan fingerprint density at radius 1 is 0.966 bits per heavy atom. The standard InChI is InChI=1S/C25H40O4/c1-22(2,3)29-28-21-16-20-18(10-9-17-8-6-7-12-23(17,20)4)19-11-13-25(24(19,21)5)26-14-15-27-25/h16-19,21H,6-15H2,1-5H3/t17?,18?,19?,21?,23?,24-/m1/s1.